The lowest BCUT2D eigenvalue weighted by molar-refractivity contribution is 0.0599. The molecule has 2 aromatic carbocycles. The van der Waals surface area contributed by atoms with Crippen LogP contribution in [0.4, 0.5) is 4.39 Å². The molecule has 0 N–H and O–H groups in total. The van der Waals surface area contributed by atoms with Gasteiger partial charge >= 0.3 is 5.97 Å². The Morgan fingerprint density at radius 2 is 1.62 bits per heavy atom. The molecule has 0 bridgehead atoms. The number of rotatable bonds is 5. The number of halogens is 1. The van der Waals surface area contributed by atoms with Crippen molar-refractivity contribution in [2.24, 2.45) is 0 Å². The average Bonchev–Trinajstić information content (AvgIpc) is 3.45. The van der Waals surface area contributed by atoms with Gasteiger partial charge in [0.25, 0.3) is 5.91 Å². The van der Waals surface area contributed by atoms with Crippen LogP contribution in [-0.2, 0) is 11.3 Å². The maximum atomic E-state index is 13.0. The number of nitrogens with zero attached hydrogens (tertiary/aromatic N) is 1. The van der Waals surface area contributed by atoms with E-state index in [0.29, 0.717) is 17.7 Å². The Morgan fingerprint density at radius 1 is 1.04 bits per heavy atom. The van der Waals surface area contributed by atoms with Gasteiger partial charge in [0.15, 0.2) is 0 Å². The predicted octanol–water partition coefficient (Wildman–Crippen LogP) is 3.42. The monoisotopic (exact) mass is 327 g/mol. The Kier molecular flexibility index (Phi) is 4.60. The van der Waals surface area contributed by atoms with Crippen molar-refractivity contribution in [2.75, 3.05) is 7.11 Å². The quantitative estimate of drug-likeness (QED) is 0.791. The van der Waals surface area contributed by atoms with Gasteiger partial charge in [-0.2, -0.15) is 0 Å². The molecule has 0 spiro atoms. The second-order valence-corrected chi connectivity index (χ2v) is 5.86. The van der Waals surface area contributed by atoms with Crippen LogP contribution in [0.15, 0.2) is 48.5 Å². The van der Waals surface area contributed by atoms with Gasteiger partial charge in [-0.05, 0) is 54.8 Å². The molecule has 0 aromatic heterocycles. The zero-order chi connectivity index (χ0) is 17.1. The summed E-state index contributed by atoms with van der Waals surface area (Å²) in [5.74, 6) is -0.806. The Bertz CT molecular complexity index is 736. The minimum atomic E-state index is -0.431. The van der Waals surface area contributed by atoms with E-state index in [0.717, 1.165) is 18.4 Å². The first-order chi connectivity index (χ1) is 11.6. The zero-order valence-corrected chi connectivity index (χ0v) is 13.4. The topological polar surface area (TPSA) is 46.6 Å². The van der Waals surface area contributed by atoms with Gasteiger partial charge in [0, 0.05) is 18.2 Å². The highest BCUT2D eigenvalue weighted by Gasteiger charge is 2.33. The van der Waals surface area contributed by atoms with Crippen LogP contribution in [0.3, 0.4) is 0 Å². The molecule has 1 aliphatic carbocycles. The van der Waals surface area contributed by atoms with Crippen molar-refractivity contribution < 1.29 is 18.7 Å². The molecule has 0 heterocycles. The lowest BCUT2D eigenvalue weighted by Crippen LogP contribution is -2.32. The molecule has 124 valence electrons. The molecule has 4 nitrogen and oxygen atoms in total. The Hall–Kier alpha value is -2.69. The van der Waals surface area contributed by atoms with E-state index in [1.807, 2.05) is 0 Å². The summed E-state index contributed by atoms with van der Waals surface area (Å²) < 4.78 is 17.7. The minimum absolute atomic E-state index is 0.0850. The SMILES string of the molecule is COC(=O)c1ccc(C(=O)N(Cc2ccc(F)cc2)C2CC2)cc1. The number of carbonyl (C=O) groups is 2. The van der Waals surface area contributed by atoms with Gasteiger partial charge < -0.3 is 9.64 Å². The molecule has 2 aromatic rings. The van der Waals surface area contributed by atoms with E-state index in [2.05, 4.69) is 4.74 Å². The maximum absolute atomic E-state index is 13.0. The molecule has 1 saturated carbocycles. The van der Waals surface area contributed by atoms with Gasteiger partial charge in [0.2, 0.25) is 0 Å². The second kappa shape index (κ2) is 6.83. The third-order valence-electron chi connectivity index (χ3n) is 4.07. The van der Waals surface area contributed by atoms with Gasteiger partial charge in [-0.25, -0.2) is 9.18 Å². The summed E-state index contributed by atoms with van der Waals surface area (Å²) in [6.07, 6.45) is 1.96. The fourth-order valence-electron chi connectivity index (χ4n) is 2.57. The van der Waals surface area contributed by atoms with Crippen molar-refractivity contribution in [1.82, 2.24) is 4.90 Å². The van der Waals surface area contributed by atoms with Crippen LogP contribution in [0, 0.1) is 5.82 Å². The van der Waals surface area contributed by atoms with Crippen LogP contribution in [0.25, 0.3) is 0 Å². The number of amides is 1. The minimum Gasteiger partial charge on any atom is -0.465 e. The highest BCUT2D eigenvalue weighted by Crippen LogP contribution is 2.30. The van der Waals surface area contributed by atoms with Crippen molar-refractivity contribution in [3.8, 4) is 0 Å². The first-order valence-corrected chi connectivity index (χ1v) is 7.82. The van der Waals surface area contributed by atoms with Gasteiger partial charge in [-0.3, -0.25) is 4.79 Å². The number of methoxy groups -OCH3 is 1. The van der Waals surface area contributed by atoms with E-state index in [1.54, 1.807) is 41.3 Å². The molecular formula is C19H18FNO3. The normalized spacial score (nSPS) is 13.4. The second-order valence-electron chi connectivity index (χ2n) is 5.86. The molecule has 5 heteroatoms. The van der Waals surface area contributed by atoms with Gasteiger partial charge in [0.05, 0.1) is 12.7 Å². The van der Waals surface area contributed by atoms with E-state index in [-0.39, 0.29) is 17.8 Å². The summed E-state index contributed by atoms with van der Waals surface area (Å²) in [4.78, 5) is 26.1. The smallest absolute Gasteiger partial charge is 0.337 e. The van der Waals surface area contributed by atoms with Gasteiger partial charge in [-0.15, -0.1) is 0 Å². The summed E-state index contributed by atoms with van der Waals surface area (Å²) in [6.45, 7) is 0.447. The van der Waals surface area contributed by atoms with Crippen molar-refractivity contribution in [1.29, 1.82) is 0 Å². The largest absolute Gasteiger partial charge is 0.465 e. The molecule has 0 saturated heterocycles. The van der Waals surface area contributed by atoms with Crippen LogP contribution in [0.2, 0.25) is 0 Å². The third kappa shape index (κ3) is 3.62. The first kappa shape index (κ1) is 16.2. The molecule has 1 aliphatic rings. The van der Waals surface area contributed by atoms with E-state index in [9.17, 15) is 14.0 Å². The number of hydrogen-bond acceptors (Lipinski definition) is 3. The van der Waals surface area contributed by atoms with Crippen molar-refractivity contribution in [3.63, 3.8) is 0 Å². The molecule has 1 fully saturated rings. The Labute approximate surface area is 139 Å². The van der Waals surface area contributed by atoms with E-state index >= 15 is 0 Å². The molecule has 0 unspecified atom stereocenters. The Morgan fingerprint density at radius 3 is 2.17 bits per heavy atom. The molecule has 24 heavy (non-hydrogen) atoms. The zero-order valence-electron chi connectivity index (χ0n) is 13.4. The molecular weight excluding hydrogens is 309 g/mol. The lowest BCUT2D eigenvalue weighted by Gasteiger charge is -2.23. The van der Waals surface area contributed by atoms with Crippen LogP contribution >= 0.6 is 0 Å². The number of ether oxygens (including phenoxy) is 1. The van der Waals surface area contributed by atoms with E-state index in [4.69, 9.17) is 0 Å². The van der Waals surface area contributed by atoms with E-state index < -0.39 is 5.97 Å². The number of benzene rings is 2. The lowest BCUT2D eigenvalue weighted by atomic mass is 10.1. The fraction of sp³-hybridized carbons (Fsp3) is 0.263. The highest BCUT2D eigenvalue weighted by atomic mass is 19.1. The summed E-state index contributed by atoms with van der Waals surface area (Å²) in [5, 5.41) is 0. The summed E-state index contributed by atoms with van der Waals surface area (Å²) in [6, 6.07) is 12.8. The Balaban J connectivity index is 1.77. The summed E-state index contributed by atoms with van der Waals surface area (Å²) in [7, 11) is 1.32. The van der Waals surface area contributed by atoms with Crippen molar-refractivity contribution >= 4 is 11.9 Å². The molecule has 3 rings (SSSR count). The number of esters is 1. The number of hydrogen-bond donors (Lipinski definition) is 0. The van der Waals surface area contributed by atoms with Crippen LogP contribution in [0.1, 0.15) is 39.1 Å². The molecule has 0 aliphatic heterocycles. The van der Waals surface area contributed by atoms with Crippen molar-refractivity contribution in [3.05, 3.63) is 71.0 Å². The van der Waals surface area contributed by atoms with Gasteiger partial charge in [0.1, 0.15) is 5.82 Å². The molecule has 0 radical (unpaired) electrons. The maximum Gasteiger partial charge on any atom is 0.337 e. The summed E-state index contributed by atoms with van der Waals surface area (Å²) >= 11 is 0. The van der Waals surface area contributed by atoms with Crippen LogP contribution in [0.5, 0.6) is 0 Å². The van der Waals surface area contributed by atoms with E-state index in [1.165, 1.54) is 19.2 Å². The average molecular weight is 327 g/mol. The van der Waals surface area contributed by atoms with Crippen LogP contribution < -0.4 is 0 Å². The first-order valence-electron chi connectivity index (χ1n) is 7.82. The fourth-order valence-corrected chi connectivity index (χ4v) is 2.57. The highest BCUT2D eigenvalue weighted by molar-refractivity contribution is 5.96. The third-order valence-corrected chi connectivity index (χ3v) is 4.07. The predicted molar refractivity (Wildman–Crippen MR) is 87.1 cm³/mol. The van der Waals surface area contributed by atoms with Crippen LogP contribution in [-0.4, -0.2) is 29.9 Å². The number of carbonyl (C=O) groups excluding carboxylic acids is 2. The molecule has 1 amide bonds. The van der Waals surface area contributed by atoms with Crippen molar-refractivity contribution in [2.45, 2.75) is 25.4 Å². The summed E-state index contributed by atoms with van der Waals surface area (Å²) in [5.41, 5.74) is 1.82. The van der Waals surface area contributed by atoms with Gasteiger partial charge in [-0.1, -0.05) is 12.1 Å². The molecule has 0 atom stereocenters. The standard InChI is InChI=1S/C19H18FNO3/c1-24-19(23)15-6-4-14(5-7-15)18(22)21(17-10-11-17)12-13-2-8-16(20)9-3-13/h2-9,17H,10-12H2,1H3.